The summed E-state index contributed by atoms with van der Waals surface area (Å²) in [6.45, 7) is 4.32. The number of aromatic nitrogens is 3. The number of nitrogens with zero attached hydrogens (tertiary/aromatic N) is 3. The highest BCUT2D eigenvalue weighted by atomic mass is 35.5. The molecule has 0 bridgehead atoms. The van der Waals surface area contributed by atoms with Crippen LogP contribution in [0.1, 0.15) is 30.9 Å². The van der Waals surface area contributed by atoms with Crippen molar-refractivity contribution in [1.82, 2.24) is 14.6 Å². The zero-order valence-corrected chi connectivity index (χ0v) is 15.9. The van der Waals surface area contributed by atoms with E-state index >= 15 is 0 Å². The van der Waals surface area contributed by atoms with Crippen LogP contribution in [0, 0.1) is 0 Å². The van der Waals surface area contributed by atoms with Gasteiger partial charge in [0.25, 0.3) is 5.56 Å². The normalized spacial score (nSPS) is 12.4. The summed E-state index contributed by atoms with van der Waals surface area (Å²) in [7, 11) is 0. The fourth-order valence-corrected chi connectivity index (χ4v) is 3.72. The molecule has 0 saturated heterocycles. The molecular weight excluding hydrogens is 366 g/mol. The van der Waals surface area contributed by atoms with E-state index in [4.69, 9.17) is 11.6 Å². The highest BCUT2D eigenvalue weighted by Gasteiger charge is 2.12. The molecule has 0 saturated carbocycles. The summed E-state index contributed by atoms with van der Waals surface area (Å²) in [5.74, 6) is 1.01. The van der Waals surface area contributed by atoms with E-state index in [9.17, 15) is 4.79 Å². The van der Waals surface area contributed by atoms with Gasteiger partial charge < -0.3 is 0 Å². The Labute approximate surface area is 159 Å². The Morgan fingerprint density at radius 2 is 1.77 bits per heavy atom. The molecule has 0 spiro atoms. The number of hydrogen-bond acceptors (Lipinski definition) is 4. The quantitative estimate of drug-likeness (QED) is 0.535. The highest BCUT2D eigenvalue weighted by molar-refractivity contribution is 7.15. The Balaban J connectivity index is 1.73. The van der Waals surface area contributed by atoms with Gasteiger partial charge in [0, 0.05) is 10.6 Å². The maximum absolute atomic E-state index is 12.6. The van der Waals surface area contributed by atoms with E-state index in [0.717, 1.165) is 11.1 Å². The van der Waals surface area contributed by atoms with Gasteiger partial charge in [-0.3, -0.25) is 4.79 Å². The number of halogens is 1. The van der Waals surface area contributed by atoms with Gasteiger partial charge in [0.05, 0.1) is 4.53 Å². The summed E-state index contributed by atoms with van der Waals surface area (Å²) in [4.78, 5) is 17.7. The lowest BCUT2D eigenvalue weighted by molar-refractivity contribution is 0.866. The van der Waals surface area contributed by atoms with E-state index in [2.05, 4.69) is 36.1 Å². The fourth-order valence-electron chi connectivity index (χ4n) is 2.68. The van der Waals surface area contributed by atoms with Crippen LogP contribution >= 0.6 is 22.9 Å². The molecule has 0 radical (unpaired) electrons. The third kappa shape index (κ3) is 3.16. The summed E-state index contributed by atoms with van der Waals surface area (Å²) in [6.07, 6.45) is 1.88. The first kappa shape index (κ1) is 16.9. The third-order valence-corrected chi connectivity index (χ3v) is 5.40. The number of benzene rings is 2. The van der Waals surface area contributed by atoms with Gasteiger partial charge in [-0.15, -0.1) is 5.10 Å². The molecule has 0 aliphatic rings. The van der Waals surface area contributed by atoms with Crippen molar-refractivity contribution in [2.45, 2.75) is 19.8 Å². The molecule has 0 aliphatic carbocycles. The topological polar surface area (TPSA) is 47.3 Å². The fraction of sp³-hybridized carbons (Fsp3) is 0.150. The SMILES string of the molecule is CC(C)c1ccc(/C=c2/sc3nc(-c4ccc(Cl)cc4)nn3c2=O)cc1. The number of thiazole rings is 1. The van der Waals surface area contributed by atoms with Gasteiger partial charge in [-0.05, 0) is 47.4 Å². The van der Waals surface area contributed by atoms with Crippen LogP contribution in [0.3, 0.4) is 0 Å². The Hall–Kier alpha value is -2.50. The average Bonchev–Trinajstić information content (AvgIpc) is 3.16. The molecule has 0 amide bonds. The molecule has 2 aromatic carbocycles. The van der Waals surface area contributed by atoms with Crippen LogP contribution < -0.4 is 10.1 Å². The minimum atomic E-state index is -0.148. The van der Waals surface area contributed by atoms with Crippen molar-refractivity contribution in [2.75, 3.05) is 0 Å². The van der Waals surface area contributed by atoms with Crippen molar-refractivity contribution in [3.8, 4) is 11.4 Å². The number of hydrogen-bond donors (Lipinski definition) is 0. The maximum atomic E-state index is 12.6. The average molecular weight is 382 g/mol. The van der Waals surface area contributed by atoms with Gasteiger partial charge in [0.1, 0.15) is 0 Å². The Morgan fingerprint density at radius 3 is 2.38 bits per heavy atom. The van der Waals surface area contributed by atoms with Gasteiger partial charge >= 0.3 is 0 Å². The van der Waals surface area contributed by atoms with E-state index < -0.39 is 0 Å². The molecular formula is C20H16ClN3OS. The molecule has 130 valence electrons. The van der Waals surface area contributed by atoms with Crippen LogP contribution in [0.4, 0.5) is 0 Å². The summed E-state index contributed by atoms with van der Waals surface area (Å²) in [5.41, 5.74) is 2.96. The molecule has 0 fully saturated rings. The minimum absolute atomic E-state index is 0.148. The second-order valence-corrected chi connectivity index (χ2v) is 7.82. The molecule has 4 aromatic rings. The van der Waals surface area contributed by atoms with E-state index in [1.807, 2.05) is 30.3 Å². The third-order valence-electron chi connectivity index (χ3n) is 4.19. The molecule has 0 unspecified atom stereocenters. The van der Waals surface area contributed by atoms with Crippen molar-refractivity contribution >= 4 is 34.0 Å². The van der Waals surface area contributed by atoms with E-state index in [1.54, 1.807) is 12.1 Å². The minimum Gasteiger partial charge on any atom is -0.266 e. The summed E-state index contributed by atoms with van der Waals surface area (Å²) >= 11 is 7.25. The van der Waals surface area contributed by atoms with Crippen molar-refractivity contribution in [1.29, 1.82) is 0 Å². The van der Waals surface area contributed by atoms with Gasteiger partial charge in [-0.2, -0.15) is 9.50 Å². The highest BCUT2D eigenvalue weighted by Crippen LogP contribution is 2.19. The zero-order chi connectivity index (χ0) is 18.3. The van der Waals surface area contributed by atoms with Crippen LogP contribution in [0.25, 0.3) is 22.4 Å². The van der Waals surface area contributed by atoms with Crippen LogP contribution in [0.15, 0.2) is 53.3 Å². The summed E-state index contributed by atoms with van der Waals surface area (Å²) in [6, 6.07) is 15.5. The maximum Gasteiger partial charge on any atom is 0.291 e. The van der Waals surface area contributed by atoms with E-state index in [0.29, 0.717) is 26.3 Å². The standard InChI is InChI=1S/C20H16ClN3OS/c1-12(2)14-5-3-13(4-6-14)11-17-19(25)24-20(26-17)22-18(23-24)15-7-9-16(21)10-8-15/h3-12H,1-2H3/b17-11+. The second-order valence-electron chi connectivity index (χ2n) is 6.37. The zero-order valence-electron chi connectivity index (χ0n) is 14.3. The Bertz CT molecular complexity index is 1170. The van der Waals surface area contributed by atoms with E-state index in [-0.39, 0.29) is 5.56 Å². The van der Waals surface area contributed by atoms with Gasteiger partial charge in [0.15, 0.2) is 5.82 Å². The molecule has 0 aliphatic heterocycles. The molecule has 0 atom stereocenters. The predicted molar refractivity (Wildman–Crippen MR) is 107 cm³/mol. The molecule has 2 aromatic heterocycles. The lowest BCUT2D eigenvalue weighted by Gasteiger charge is -2.04. The van der Waals surface area contributed by atoms with Crippen LogP contribution in [-0.4, -0.2) is 14.6 Å². The first-order valence-electron chi connectivity index (χ1n) is 8.28. The van der Waals surface area contributed by atoms with E-state index in [1.165, 1.54) is 21.4 Å². The molecule has 4 nitrogen and oxygen atoms in total. The Morgan fingerprint density at radius 1 is 1.08 bits per heavy atom. The second kappa shape index (κ2) is 6.67. The molecule has 26 heavy (non-hydrogen) atoms. The van der Waals surface area contributed by atoms with Crippen LogP contribution in [-0.2, 0) is 0 Å². The first-order valence-corrected chi connectivity index (χ1v) is 9.48. The van der Waals surface area contributed by atoms with Gasteiger partial charge in [0.2, 0.25) is 4.96 Å². The van der Waals surface area contributed by atoms with Crippen molar-refractivity contribution < 1.29 is 0 Å². The van der Waals surface area contributed by atoms with Crippen molar-refractivity contribution in [3.05, 3.63) is 79.6 Å². The lowest BCUT2D eigenvalue weighted by atomic mass is 10.0. The lowest BCUT2D eigenvalue weighted by Crippen LogP contribution is -2.23. The molecule has 6 heteroatoms. The first-order chi connectivity index (χ1) is 12.5. The Kier molecular flexibility index (Phi) is 4.34. The van der Waals surface area contributed by atoms with Crippen LogP contribution in [0.2, 0.25) is 5.02 Å². The number of rotatable bonds is 3. The molecule has 2 heterocycles. The number of fused-ring (bicyclic) bond motifs is 1. The van der Waals surface area contributed by atoms with Gasteiger partial charge in [-0.1, -0.05) is 61.1 Å². The smallest absolute Gasteiger partial charge is 0.266 e. The van der Waals surface area contributed by atoms with Crippen molar-refractivity contribution in [3.63, 3.8) is 0 Å². The summed E-state index contributed by atoms with van der Waals surface area (Å²) < 4.78 is 1.99. The van der Waals surface area contributed by atoms with Crippen molar-refractivity contribution in [2.24, 2.45) is 0 Å². The molecule has 4 rings (SSSR count). The largest absolute Gasteiger partial charge is 0.291 e. The molecule has 0 N–H and O–H groups in total. The monoisotopic (exact) mass is 381 g/mol. The van der Waals surface area contributed by atoms with Gasteiger partial charge in [-0.25, -0.2) is 0 Å². The van der Waals surface area contributed by atoms with Crippen LogP contribution in [0.5, 0.6) is 0 Å². The summed E-state index contributed by atoms with van der Waals surface area (Å²) in [5, 5.41) is 5.00. The predicted octanol–water partition coefficient (Wildman–Crippen LogP) is 4.14.